The van der Waals surface area contributed by atoms with E-state index in [9.17, 15) is 9.18 Å². The van der Waals surface area contributed by atoms with E-state index in [-0.39, 0.29) is 22.6 Å². The van der Waals surface area contributed by atoms with Crippen LogP contribution >= 0.6 is 23.2 Å². The fourth-order valence-corrected chi connectivity index (χ4v) is 4.65. The summed E-state index contributed by atoms with van der Waals surface area (Å²) in [6, 6.07) is 9.90. The third kappa shape index (κ3) is 3.89. The molecule has 0 saturated carbocycles. The minimum Gasteiger partial charge on any atom is -0.495 e. The van der Waals surface area contributed by atoms with Gasteiger partial charge in [-0.25, -0.2) is 4.39 Å². The molecule has 0 aromatic heterocycles. The first-order chi connectivity index (χ1) is 14.3. The molecule has 2 aromatic rings. The standard InChI is InChI=1S/C22H23Cl2FN2O3/c1-22-12-26(21(28)15-4-3-5-18(29-2)20(15)24)8-9-27(22)11-19(30-13-22)14-6-7-17(25)16(23)10-14/h3-7,10,19H,8-9,11-13H2,1-2H3/t19-,22-/m0/s1. The van der Waals surface area contributed by atoms with Crippen LogP contribution in [-0.2, 0) is 4.74 Å². The van der Waals surface area contributed by atoms with Crippen molar-refractivity contribution in [1.29, 1.82) is 0 Å². The normalized spacial score (nSPS) is 24.4. The number of morpholine rings is 1. The maximum Gasteiger partial charge on any atom is 0.255 e. The number of methoxy groups -OCH3 is 1. The maximum atomic E-state index is 13.5. The largest absolute Gasteiger partial charge is 0.495 e. The zero-order valence-electron chi connectivity index (χ0n) is 16.8. The summed E-state index contributed by atoms with van der Waals surface area (Å²) in [5.74, 6) is -0.0780. The predicted molar refractivity (Wildman–Crippen MR) is 114 cm³/mol. The molecule has 8 heteroatoms. The van der Waals surface area contributed by atoms with Crippen LogP contribution in [0.3, 0.4) is 0 Å². The van der Waals surface area contributed by atoms with Crippen molar-refractivity contribution < 1.29 is 18.7 Å². The number of nitrogens with zero attached hydrogens (tertiary/aromatic N) is 2. The molecule has 5 nitrogen and oxygen atoms in total. The summed E-state index contributed by atoms with van der Waals surface area (Å²) in [4.78, 5) is 17.3. The SMILES string of the molecule is COc1cccc(C(=O)N2CCN3C[C@@H](c4ccc(F)c(Cl)c4)OC[C@]3(C)C2)c1Cl. The summed E-state index contributed by atoms with van der Waals surface area (Å²) in [6.07, 6.45) is -0.189. The summed E-state index contributed by atoms with van der Waals surface area (Å²) >= 11 is 12.3. The average molecular weight is 453 g/mol. The Hall–Kier alpha value is -1.86. The number of halogens is 3. The Bertz CT molecular complexity index is 973. The molecule has 160 valence electrons. The van der Waals surface area contributed by atoms with Gasteiger partial charge in [0.15, 0.2) is 0 Å². The van der Waals surface area contributed by atoms with E-state index in [0.717, 1.165) is 5.56 Å². The van der Waals surface area contributed by atoms with Gasteiger partial charge in [0.05, 0.1) is 41.0 Å². The molecule has 4 rings (SSSR count). The van der Waals surface area contributed by atoms with Crippen molar-refractivity contribution in [3.05, 3.63) is 63.4 Å². The Morgan fingerprint density at radius 3 is 2.80 bits per heavy atom. The van der Waals surface area contributed by atoms with Crippen molar-refractivity contribution in [3.8, 4) is 5.75 Å². The number of hydrogen-bond acceptors (Lipinski definition) is 4. The quantitative estimate of drug-likeness (QED) is 0.690. The summed E-state index contributed by atoms with van der Waals surface area (Å²) < 4.78 is 24.8. The van der Waals surface area contributed by atoms with Gasteiger partial charge in [-0.1, -0.05) is 35.3 Å². The number of carbonyl (C=O) groups excluding carboxylic acids is 1. The second kappa shape index (κ2) is 8.35. The van der Waals surface area contributed by atoms with Crippen LogP contribution in [0.5, 0.6) is 5.75 Å². The molecule has 0 N–H and O–H groups in total. The third-order valence-corrected chi connectivity index (χ3v) is 6.61. The molecule has 2 aliphatic rings. The molecule has 0 aliphatic carbocycles. The maximum absolute atomic E-state index is 13.5. The highest BCUT2D eigenvalue weighted by Gasteiger charge is 2.44. The van der Waals surface area contributed by atoms with Crippen LogP contribution in [0.2, 0.25) is 10.0 Å². The van der Waals surface area contributed by atoms with E-state index in [1.165, 1.54) is 13.2 Å². The Kier molecular flexibility index (Phi) is 5.95. The minimum atomic E-state index is -0.440. The molecule has 0 unspecified atom stereocenters. The van der Waals surface area contributed by atoms with Crippen LogP contribution in [0.4, 0.5) is 4.39 Å². The minimum absolute atomic E-state index is 0.0926. The monoisotopic (exact) mass is 452 g/mol. The van der Waals surface area contributed by atoms with Crippen LogP contribution in [0.25, 0.3) is 0 Å². The number of rotatable bonds is 3. The molecule has 2 heterocycles. The second-order valence-corrected chi connectivity index (χ2v) is 8.75. The number of amides is 1. The number of ether oxygens (including phenoxy) is 2. The van der Waals surface area contributed by atoms with Crippen molar-refractivity contribution >= 4 is 29.1 Å². The number of piperazine rings is 1. The van der Waals surface area contributed by atoms with E-state index in [2.05, 4.69) is 11.8 Å². The molecule has 2 aliphatic heterocycles. The first-order valence-electron chi connectivity index (χ1n) is 9.76. The Morgan fingerprint density at radius 2 is 2.07 bits per heavy atom. The van der Waals surface area contributed by atoms with Crippen molar-refractivity contribution in [2.75, 3.05) is 39.9 Å². The molecule has 0 radical (unpaired) electrons. The van der Waals surface area contributed by atoms with Crippen LogP contribution in [0.1, 0.15) is 28.9 Å². The molecule has 1 amide bonds. The van der Waals surface area contributed by atoms with Gasteiger partial charge < -0.3 is 14.4 Å². The fraction of sp³-hybridized carbons (Fsp3) is 0.409. The number of fused-ring (bicyclic) bond motifs is 1. The highest BCUT2D eigenvalue weighted by molar-refractivity contribution is 6.35. The lowest BCUT2D eigenvalue weighted by atomic mass is 9.92. The lowest BCUT2D eigenvalue weighted by Gasteiger charge is -2.53. The molecule has 0 spiro atoms. The molecular formula is C22H23Cl2FN2O3. The van der Waals surface area contributed by atoms with Crippen LogP contribution in [0.15, 0.2) is 36.4 Å². The summed E-state index contributed by atoms with van der Waals surface area (Å²) in [6.45, 7) is 5.00. The van der Waals surface area contributed by atoms with Gasteiger partial charge in [0.2, 0.25) is 0 Å². The lowest BCUT2D eigenvalue weighted by Crippen LogP contribution is -2.66. The van der Waals surface area contributed by atoms with Crippen LogP contribution in [-0.4, -0.2) is 61.1 Å². The summed E-state index contributed by atoms with van der Waals surface area (Å²) in [7, 11) is 1.53. The highest BCUT2D eigenvalue weighted by Crippen LogP contribution is 2.35. The molecule has 2 atom stereocenters. The lowest BCUT2D eigenvalue weighted by molar-refractivity contribution is -0.130. The second-order valence-electron chi connectivity index (χ2n) is 7.96. The van der Waals surface area contributed by atoms with Gasteiger partial charge in [-0.05, 0) is 36.8 Å². The Labute approximate surface area is 185 Å². The van der Waals surface area contributed by atoms with Crippen molar-refractivity contribution in [2.45, 2.75) is 18.6 Å². The van der Waals surface area contributed by atoms with Crippen molar-refractivity contribution in [1.82, 2.24) is 9.80 Å². The Morgan fingerprint density at radius 1 is 1.27 bits per heavy atom. The molecule has 30 heavy (non-hydrogen) atoms. The van der Waals surface area contributed by atoms with Gasteiger partial charge in [-0.15, -0.1) is 0 Å². The van der Waals surface area contributed by atoms with Crippen molar-refractivity contribution in [2.24, 2.45) is 0 Å². The first kappa shape index (κ1) is 21.4. The molecule has 2 fully saturated rings. The van der Waals surface area contributed by atoms with Crippen LogP contribution < -0.4 is 4.74 Å². The molecular weight excluding hydrogens is 430 g/mol. The van der Waals surface area contributed by atoms with Gasteiger partial charge in [-0.2, -0.15) is 0 Å². The Balaban J connectivity index is 1.48. The number of carbonyl (C=O) groups is 1. The van der Waals surface area contributed by atoms with Gasteiger partial charge >= 0.3 is 0 Å². The van der Waals surface area contributed by atoms with E-state index < -0.39 is 5.82 Å². The first-order valence-corrected chi connectivity index (χ1v) is 10.5. The van der Waals surface area contributed by atoms with E-state index in [4.69, 9.17) is 32.7 Å². The summed E-state index contributed by atoms with van der Waals surface area (Å²) in [5, 5.41) is 0.417. The zero-order chi connectivity index (χ0) is 21.5. The fourth-order valence-electron chi connectivity index (χ4n) is 4.17. The highest BCUT2D eigenvalue weighted by atomic mass is 35.5. The topological polar surface area (TPSA) is 42.0 Å². The molecule has 2 saturated heterocycles. The molecule has 2 aromatic carbocycles. The third-order valence-electron chi connectivity index (χ3n) is 5.93. The van der Waals surface area contributed by atoms with E-state index in [0.29, 0.717) is 49.1 Å². The van der Waals surface area contributed by atoms with E-state index >= 15 is 0 Å². The van der Waals surface area contributed by atoms with Crippen molar-refractivity contribution in [3.63, 3.8) is 0 Å². The van der Waals surface area contributed by atoms with Gasteiger partial charge in [0.1, 0.15) is 11.6 Å². The average Bonchev–Trinajstić information content (AvgIpc) is 2.74. The predicted octanol–water partition coefficient (Wildman–Crippen LogP) is 4.43. The van der Waals surface area contributed by atoms with E-state index in [1.54, 1.807) is 30.3 Å². The molecule has 0 bridgehead atoms. The van der Waals surface area contributed by atoms with Gasteiger partial charge in [0, 0.05) is 26.2 Å². The summed E-state index contributed by atoms with van der Waals surface area (Å²) in [5.41, 5.74) is 0.966. The zero-order valence-corrected chi connectivity index (χ0v) is 18.3. The number of hydrogen-bond donors (Lipinski definition) is 0. The van der Waals surface area contributed by atoms with Crippen LogP contribution in [0, 0.1) is 5.82 Å². The van der Waals surface area contributed by atoms with Gasteiger partial charge in [-0.3, -0.25) is 9.69 Å². The smallest absolute Gasteiger partial charge is 0.255 e. The van der Waals surface area contributed by atoms with Gasteiger partial charge in [0.25, 0.3) is 5.91 Å². The van der Waals surface area contributed by atoms with E-state index in [1.807, 2.05) is 4.90 Å². The number of benzene rings is 2.